The highest BCUT2D eigenvalue weighted by atomic mass is 16.2. The summed E-state index contributed by atoms with van der Waals surface area (Å²) < 4.78 is 0. The fraction of sp³-hybridized carbons (Fsp3) is 0.933. The first-order valence-corrected chi connectivity index (χ1v) is 7.86. The Morgan fingerprint density at radius 3 is 2.53 bits per heavy atom. The van der Waals surface area contributed by atoms with Crippen LogP contribution in [0.5, 0.6) is 0 Å². The van der Waals surface area contributed by atoms with Crippen molar-refractivity contribution < 1.29 is 4.79 Å². The molecule has 2 aliphatic rings. The lowest BCUT2D eigenvalue weighted by atomic mass is 10.0. The normalized spacial score (nSPS) is 27.6. The van der Waals surface area contributed by atoms with Crippen LogP contribution in [0.3, 0.4) is 0 Å². The Morgan fingerprint density at radius 1 is 1.21 bits per heavy atom. The number of nitrogens with one attached hydrogen (secondary N) is 1. The number of carbonyl (C=O) groups excluding carboxylic acids is 1. The van der Waals surface area contributed by atoms with Gasteiger partial charge in [-0.2, -0.15) is 0 Å². The van der Waals surface area contributed by atoms with Crippen molar-refractivity contribution >= 4 is 5.91 Å². The van der Waals surface area contributed by atoms with Crippen LogP contribution in [0.4, 0.5) is 0 Å². The fourth-order valence-corrected chi connectivity index (χ4v) is 3.44. The molecule has 19 heavy (non-hydrogen) atoms. The van der Waals surface area contributed by atoms with E-state index in [2.05, 4.69) is 10.2 Å². The number of piperazine rings is 1. The fourth-order valence-electron chi connectivity index (χ4n) is 3.44. The summed E-state index contributed by atoms with van der Waals surface area (Å²) in [5.41, 5.74) is 0. The Labute approximate surface area is 117 Å². The maximum Gasteiger partial charge on any atom is 0.236 e. The molecule has 4 heteroatoms. The minimum absolute atomic E-state index is 0.302. The summed E-state index contributed by atoms with van der Waals surface area (Å²) in [6.45, 7) is 2.69. The van der Waals surface area contributed by atoms with Crippen LogP contribution in [-0.2, 0) is 4.79 Å². The highest BCUT2D eigenvalue weighted by Gasteiger charge is 2.33. The molecule has 1 heterocycles. The number of carbonyl (C=O) groups is 1. The van der Waals surface area contributed by atoms with E-state index in [0.29, 0.717) is 24.5 Å². The number of rotatable bonds is 4. The van der Waals surface area contributed by atoms with Gasteiger partial charge in [0.1, 0.15) is 0 Å². The van der Waals surface area contributed by atoms with Crippen molar-refractivity contribution in [1.29, 1.82) is 0 Å². The smallest absolute Gasteiger partial charge is 0.236 e. The zero-order valence-corrected chi connectivity index (χ0v) is 12.5. The van der Waals surface area contributed by atoms with Crippen LogP contribution in [0, 0.1) is 0 Å². The summed E-state index contributed by atoms with van der Waals surface area (Å²) in [4.78, 5) is 16.6. The number of hydrogen-bond acceptors (Lipinski definition) is 3. The third-order valence-electron chi connectivity index (χ3n) is 4.79. The molecule has 1 aliphatic carbocycles. The van der Waals surface area contributed by atoms with Crippen LogP contribution in [0.1, 0.15) is 44.9 Å². The average Bonchev–Trinajstić information content (AvgIpc) is 2.69. The molecule has 0 radical (unpaired) electrons. The molecule has 4 nitrogen and oxygen atoms in total. The highest BCUT2D eigenvalue weighted by Crippen LogP contribution is 2.24. The quantitative estimate of drug-likeness (QED) is 0.783. The van der Waals surface area contributed by atoms with Gasteiger partial charge in [0, 0.05) is 25.7 Å². The standard InChI is InChI=1S/C15H29N3O/c1-16-10-9-14-11-18(12-15(19)17(14)2)13-7-5-3-4-6-8-13/h13-14,16H,3-12H2,1-2H3. The van der Waals surface area contributed by atoms with Gasteiger partial charge in [-0.25, -0.2) is 0 Å². The van der Waals surface area contributed by atoms with E-state index >= 15 is 0 Å². The van der Waals surface area contributed by atoms with Gasteiger partial charge in [0.15, 0.2) is 0 Å². The van der Waals surface area contributed by atoms with Gasteiger partial charge < -0.3 is 10.2 Å². The van der Waals surface area contributed by atoms with Crippen LogP contribution in [0.15, 0.2) is 0 Å². The van der Waals surface area contributed by atoms with E-state index in [1.54, 1.807) is 0 Å². The number of amides is 1. The second-order valence-electron chi connectivity index (χ2n) is 6.13. The molecular formula is C15H29N3O. The molecule has 1 saturated heterocycles. The minimum Gasteiger partial charge on any atom is -0.340 e. The van der Waals surface area contributed by atoms with Crippen LogP contribution in [0.2, 0.25) is 0 Å². The maximum absolute atomic E-state index is 12.2. The van der Waals surface area contributed by atoms with Gasteiger partial charge in [-0.15, -0.1) is 0 Å². The average molecular weight is 267 g/mol. The van der Waals surface area contributed by atoms with Crippen molar-refractivity contribution in [3.8, 4) is 0 Å². The number of nitrogens with zero attached hydrogens (tertiary/aromatic N) is 2. The van der Waals surface area contributed by atoms with E-state index in [0.717, 1.165) is 19.5 Å². The second-order valence-corrected chi connectivity index (χ2v) is 6.13. The van der Waals surface area contributed by atoms with Crippen LogP contribution >= 0.6 is 0 Å². The third kappa shape index (κ3) is 3.93. The number of hydrogen-bond donors (Lipinski definition) is 1. The maximum atomic E-state index is 12.2. The van der Waals surface area contributed by atoms with E-state index in [1.165, 1.54) is 38.5 Å². The van der Waals surface area contributed by atoms with Gasteiger partial charge in [-0.3, -0.25) is 9.69 Å². The Hall–Kier alpha value is -0.610. The van der Waals surface area contributed by atoms with Crippen molar-refractivity contribution in [3.63, 3.8) is 0 Å². The monoisotopic (exact) mass is 267 g/mol. The van der Waals surface area contributed by atoms with Crippen molar-refractivity contribution in [2.75, 3.05) is 33.7 Å². The summed E-state index contributed by atoms with van der Waals surface area (Å²) in [5.74, 6) is 0.302. The lowest BCUT2D eigenvalue weighted by Crippen LogP contribution is -2.57. The molecule has 1 aliphatic heterocycles. The van der Waals surface area contributed by atoms with Crippen molar-refractivity contribution in [2.24, 2.45) is 0 Å². The largest absolute Gasteiger partial charge is 0.340 e. The Bertz CT molecular complexity index is 287. The predicted octanol–water partition coefficient (Wildman–Crippen LogP) is 1.46. The molecule has 2 rings (SSSR count). The van der Waals surface area contributed by atoms with Crippen LogP contribution in [-0.4, -0.2) is 61.5 Å². The Morgan fingerprint density at radius 2 is 1.89 bits per heavy atom. The van der Waals surface area contributed by atoms with Crippen molar-refractivity contribution in [2.45, 2.75) is 57.0 Å². The van der Waals surface area contributed by atoms with Gasteiger partial charge in [0.05, 0.1) is 6.54 Å². The first-order valence-electron chi connectivity index (χ1n) is 7.86. The summed E-state index contributed by atoms with van der Waals surface area (Å²) in [7, 11) is 3.95. The number of likely N-dealkylation sites (N-methyl/N-ethyl adjacent to an activating group) is 1. The van der Waals surface area contributed by atoms with Gasteiger partial charge in [-0.1, -0.05) is 25.7 Å². The predicted molar refractivity (Wildman–Crippen MR) is 78.2 cm³/mol. The van der Waals surface area contributed by atoms with Crippen molar-refractivity contribution in [1.82, 2.24) is 15.1 Å². The molecule has 0 aromatic heterocycles. The molecule has 2 fully saturated rings. The molecule has 0 bridgehead atoms. The molecule has 0 aromatic rings. The highest BCUT2D eigenvalue weighted by molar-refractivity contribution is 5.79. The summed E-state index contributed by atoms with van der Waals surface area (Å²) in [5, 5.41) is 3.20. The van der Waals surface area contributed by atoms with Crippen LogP contribution < -0.4 is 5.32 Å². The summed E-state index contributed by atoms with van der Waals surface area (Å²) >= 11 is 0. The van der Waals surface area contributed by atoms with E-state index in [4.69, 9.17) is 0 Å². The van der Waals surface area contributed by atoms with Crippen LogP contribution in [0.25, 0.3) is 0 Å². The van der Waals surface area contributed by atoms with Gasteiger partial charge >= 0.3 is 0 Å². The first-order chi connectivity index (χ1) is 9.22. The zero-order chi connectivity index (χ0) is 13.7. The molecule has 1 amide bonds. The Kier molecular flexibility index (Phi) is 5.64. The molecule has 110 valence electrons. The zero-order valence-electron chi connectivity index (χ0n) is 12.5. The van der Waals surface area contributed by atoms with E-state index in [9.17, 15) is 4.79 Å². The molecule has 0 spiro atoms. The molecule has 1 unspecified atom stereocenters. The lowest BCUT2D eigenvalue weighted by Gasteiger charge is -2.42. The summed E-state index contributed by atoms with van der Waals surface area (Å²) in [6, 6.07) is 1.04. The molecule has 1 saturated carbocycles. The van der Waals surface area contributed by atoms with Gasteiger partial charge in [0.2, 0.25) is 5.91 Å². The second kappa shape index (κ2) is 7.25. The van der Waals surface area contributed by atoms with Gasteiger partial charge in [0.25, 0.3) is 0 Å². The van der Waals surface area contributed by atoms with Crippen molar-refractivity contribution in [3.05, 3.63) is 0 Å². The summed E-state index contributed by atoms with van der Waals surface area (Å²) in [6.07, 6.45) is 9.06. The Balaban J connectivity index is 1.94. The minimum atomic E-state index is 0.302. The SMILES string of the molecule is CNCCC1CN(C2CCCCCC2)CC(=O)N1C. The lowest BCUT2D eigenvalue weighted by molar-refractivity contribution is -0.139. The molecule has 1 atom stereocenters. The molecular weight excluding hydrogens is 238 g/mol. The van der Waals surface area contributed by atoms with E-state index < -0.39 is 0 Å². The van der Waals surface area contributed by atoms with Gasteiger partial charge in [-0.05, 0) is 32.9 Å². The third-order valence-corrected chi connectivity index (χ3v) is 4.79. The van der Waals surface area contributed by atoms with E-state index in [-0.39, 0.29) is 0 Å². The topological polar surface area (TPSA) is 35.6 Å². The molecule has 0 aromatic carbocycles. The first kappa shape index (κ1) is 14.8. The van der Waals surface area contributed by atoms with E-state index in [1.807, 2.05) is 19.0 Å². The molecule has 1 N–H and O–H groups in total.